The minimum absolute atomic E-state index is 0.143. The van der Waals surface area contributed by atoms with E-state index in [-0.39, 0.29) is 11.4 Å². The summed E-state index contributed by atoms with van der Waals surface area (Å²) in [6, 6.07) is 4.48. The monoisotopic (exact) mass is 308 g/mol. The molecule has 7 heteroatoms. The Morgan fingerprint density at radius 2 is 2.19 bits per heavy atom. The molecule has 0 radical (unpaired) electrons. The van der Waals surface area contributed by atoms with E-state index in [1.54, 1.807) is 6.07 Å². The zero-order valence-electron chi connectivity index (χ0n) is 8.73. The average molecular weight is 309 g/mol. The van der Waals surface area contributed by atoms with Gasteiger partial charge in [-0.15, -0.1) is 0 Å². The van der Waals surface area contributed by atoms with Crippen LogP contribution in [0.4, 0.5) is 5.69 Å². The summed E-state index contributed by atoms with van der Waals surface area (Å²) >= 11 is 3.20. The molecule has 0 fully saturated rings. The van der Waals surface area contributed by atoms with Crippen molar-refractivity contribution in [1.29, 1.82) is 0 Å². The van der Waals surface area contributed by atoms with Crippen molar-refractivity contribution < 1.29 is 13.2 Å². The van der Waals surface area contributed by atoms with Gasteiger partial charge in [-0.1, -0.05) is 0 Å². The van der Waals surface area contributed by atoms with Crippen LogP contribution in [0.15, 0.2) is 27.6 Å². The van der Waals surface area contributed by atoms with Crippen LogP contribution in [0.3, 0.4) is 0 Å². The third-order valence-electron chi connectivity index (χ3n) is 1.88. The Labute approximate surface area is 103 Å². The molecule has 0 saturated carbocycles. The van der Waals surface area contributed by atoms with Crippen molar-refractivity contribution in [3.63, 3.8) is 0 Å². The second-order valence-corrected chi connectivity index (χ2v) is 5.70. The SMILES string of the molecule is COCCNS(=O)(=O)c1ccc(Br)c(N)c1. The lowest BCUT2D eigenvalue weighted by atomic mass is 10.3. The minimum Gasteiger partial charge on any atom is -0.398 e. The Morgan fingerprint density at radius 1 is 1.50 bits per heavy atom. The van der Waals surface area contributed by atoms with Gasteiger partial charge in [0.2, 0.25) is 10.0 Å². The third kappa shape index (κ3) is 3.44. The van der Waals surface area contributed by atoms with E-state index < -0.39 is 10.0 Å². The maximum atomic E-state index is 11.7. The average Bonchev–Trinajstić information content (AvgIpc) is 2.22. The molecule has 0 heterocycles. The number of ether oxygens (including phenoxy) is 1. The quantitative estimate of drug-likeness (QED) is 0.627. The summed E-state index contributed by atoms with van der Waals surface area (Å²) < 4.78 is 31.3. The zero-order valence-corrected chi connectivity index (χ0v) is 11.1. The van der Waals surface area contributed by atoms with Gasteiger partial charge in [0.1, 0.15) is 0 Å². The largest absolute Gasteiger partial charge is 0.398 e. The zero-order chi connectivity index (χ0) is 12.2. The van der Waals surface area contributed by atoms with Gasteiger partial charge >= 0.3 is 0 Å². The van der Waals surface area contributed by atoms with Crippen LogP contribution >= 0.6 is 15.9 Å². The van der Waals surface area contributed by atoms with Crippen molar-refractivity contribution >= 4 is 31.6 Å². The van der Waals surface area contributed by atoms with Crippen LogP contribution in [-0.4, -0.2) is 28.7 Å². The molecular weight excluding hydrogens is 296 g/mol. The van der Waals surface area contributed by atoms with Gasteiger partial charge in [-0.05, 0) is 34.1 Å². The van der Waals surface area contributed by atoms with Crippen molar-refractivity contribution in [2.24, 2.45) is 0 Å². The summed E-state index contributed by atoms with van der Waals surface area (Å²) in [5.41, 5.74) is 5.99. The van der Waals surface area contributed by atoms with Gasteiger partial charge in [-0.2, -0.15) is 0 Å². The first-order chi connectivity index (χ1) is 7.47. The number of nitrogens with one attached hydrogen (secondary N) is 1. The number of hydrogen-bond donors (Lipinski definition) is 2. The number of anilines is 1. The van der Waals surface area contributed by atoms with Gasteiger partial charge in [0.25, 0.3) is 0 Å². The Hall–Kier alpha value is -0.630. The smallest absolute Gasteiger partial charge is 0.240 e. The van der Waals surface area contributed by atoms with E-state index in [4.69, 9.17) is 10.5 Å². The fraction of sp³-hybridized carbons (Fsp3) is 0.333. The molecule has 0 aliphatic carbocycles. The van der Waals surface area contributed by atoms with Crippen molar-refractivity contribution in [2.45, 2.75) is 4.90 Å². The van der Waals surface area contributed by atoms with E-state index in [0.717, 1.165) is 0 Å². The summed E-state index contributed by atoms with van der Waals surface area (Å²) in [4.78, 5) is 0.143. The second kappa shape index (κ2) is 5.62. The number of sulfonamides is 1. The van der Waals surface area contributed by atoms with Crippen LogP contribution in [0, 0.1) is 0 Å². The summed E-state index contributed by atoms with van der Waals surface area (Å²) in [5, 5.41) is 0. The van der Waals surface area contributed by atoms with Crippen LogP contribution in [-0.2, 0) is 14.8 Å². The number of methoxy groups -OCH3 is 1. The van der Waals surface area contributed by atoms with E-state index in [9.17, 15) is 8.42 Å². The molecule has 0 aromatic heterocycles. The molecule has 5 nitrogen and oxygen atoms in total. The lowest BCUT2D eigenvalue weighted by Gasteiger charge is -2.07. The predicted molar refractivity (Wildman–Crippen MR) is 65.6 cm³/mol. The summed E-state index contributed by atoms with van der Waals surface area (Å²) in [6.07, 6.45) is 0. The van der Waals surface area contributed by atoms with Gasteiger partial charge in [0.05, 0.1) is 11.5 Å². The van der Waals surface area contributed by atoms with Gasteiger partial charge in [0.15, 0.2) is 0 Å². The van der Waals surface area contributed by atoms with Crippen LogP contribution in [0.1, 0.15) is 0 Å². The molecular formula is C9H13BrN2O3S. The first-order valence-electron chi connectivity index (χ1n) is 4.51. The maximum absolute atomic E-state index is 11.7. The van der Waals surface area contributed by atoms with Crippen molar-refractivity contribution in [3.05, 3.63) is 22.7 Å². The van der Waals surface area contributed by atoms with Crippen LogP contribution in [0.25, 0.3) is 0 Å². The van der Waals surface area contributed by atoms with Crippen molar-refractivity contribution in [1.82, 2.24) is 4.72 Å². The summed E-state index contributed by atoms with van der Waals surface area (Å²) in [7, 11) is -2.00. The number of benzene rings is 1. The van der Waals surface area contributed by atoms with E-state index in [0.29, 0.717) is 16.8 Å². The topological polar surface area (TPSA) is 81.4 Å². The van der Waals surface area contributed by atoms with Gasteiger partial charge in [-0.3, -0.25) is 0 Å². The summed E-state index contributed by atoms with van der Waals surface area (Å²) in [6.45, 7) is 0.556. The van der Waals surface area contributed by atoms with Crippen LogP contribution in [0.2, 0.25) is 0 Å². The molecule has 0 unspecified atom stereocenters. The fourth-order valence-electron chi connectivity index (χ4n) is 1.05. The van der Waals surface area contributed by atoms with Crippen molar-refractivity contribution in [3.8, 4) is 0 Å². The van der Waals surface area contributed by atoms with E-state index in [1.807, 2.05) is 0 Å². The second-order valence-electron chi connectivity index (χ2n) is 3.07. The molecule has 0 aliphatic heterocycles. The molecule has 90 valence electrons. The van der Waals surface area contributed by atoms with E-state index >= 15 is 0 Å². The lowest BCUT2D eigenvalue weighted by molar-refractivity contribution is 0.204. The van der Waals surface area contributed by atoms with Crippen LogP contribution < -0.4 is 10.5 Å². The first-order valence-corrected chi connectivity index (χ1v) is 6.78. The molecule has 3 N–H and O–H groups in total. The number of rotatable bonds is 5. The Balaban J connectivity index is 2.86. The number of halogens is 1. The highest BCUT2D eigenvalue weighted by Gasteiger charge is 2.14. The highest BCUT2D eigenvalue weighted by atomic mass is 79.9. The van der Waals surface area contributed by atoms with Gasteiger partial charge < -0.3 is 10.5 Å². The maximum Gasteiger partial charge on any atom is 0.240 e. The van der Waals surface area contributed by atoms with Gasteiger partial charge in [0, 0.05) is 23.8 Å². The Kier molecular flexibility index (Phi) is 4.72. The molecule has 0 amide bonds. The van der Waals surface area contributed by atoms with Crippen molar-refractivity contribution in [2.75, 3.05) is 26.0 Å². The Bertz CT molecular complexity index is 462. The third-order valence-corrected chi connectivity index (χ3v) is 4.06. The number of nitrogens with two attached hydrogens (primary N) is 1. The van der Waals surface area contributed by atoms with E-state index in [2.05, 4.69) is 20.7 Å². The highest BCUT2D eigenvalue weighted by Crippen LogP contribution is 2.22. The number of hydrogen-bond acceptors (Lipinski definition) is 4. The molecule has 0 saturated heterocycles. The molecule has 1 aromatic carbocycles. The van der Waals surface area contributed by atoms with E-state index in [1.165, 1.54) is 19.2 Å². The lowest BCUT2D eigenvalue weighted by Crippen LogP contribution is -2.27. The van der Waals surface area contributed by atoms with Crippen LogP contribution in [0.5, 0.6) is 0 Å². The van der Waals surface area contributed by atoms with Gasteiger partial charge in [-0.25, -0.2) is 13.1 Å². The molecule has 0 aliphatic rings. The summed E-state index contributed by atoms with van der Waals surface area (Å²) in [5.74, 6) is 0. The molecule has 1 rings (SSSR count). The Morgan fingerprint density at radius 3 is 2.75 bits per heavy atom. The first kappa shape index (κ1) is 13.4. The standard InChI is InChI=1S/C9H13BrN2O3S/c1-15-5-4-12-16(13,14)7-2-3-8(10)9(11)6-7/h2-3,6,12H,4-5,11H2,1H3. The molecule has 1 aromatic rings. The minimum atomic E-state index is -3.50. The highest BCUT2D eigenvalue weighted by molar-refractivity contribution is 9.10. The molecule has 16 heavy (non-hydrogen) atoms. The fourth-order valence-corrected chi connectivity index (χ4v) is 2.35. The number of nitrogen functional groups attached to an aromatic ring is 1. The predicted octanol–water partition coefficient (Wildman–Crippen LogP) is 0.956. The molecule has 0 bridgehead atoms. The molecule has 0 atom stereocenters. The normalized spacial score (nSPS) is 11.6. The molecule has 0 spiro atoms.